The molecule has 0 aliphatic heterocycles. The number of anilines is 1. The molecule has 0 amide bonds. The molecule has 1 heterocycles. The van der Waals surface area contributed by atoms with Gasteiger partial charge in [-0.25, -0.2) is 0 Å². The van der Waals surface area contributed by atoms with E-state index >= 15 is 0 Å². The van der Waals surface area contributed by atoms with Crippen LogP contribution in [0, 0.1) is 0 Å². The fraction of sp³-hybridized carbons (Fsp3) is 0.467. The number of aromatic nitrogens is 2. The average Bonchev–Trinajstić information content (AvgIpc) is 2.49. The second kappa shape index (κ2) is 5.33. The number of nitrogens with zero attached hydrogens (tertiary/aromatic N) is 2. The lowest BCUT2D eigenvalue weighted by atomic mass is 9.83. The standard InChI is InChI=1S/C15H18ClN3/c16-11-15(8-4-1-5-9-15)18-14-10-17-19-13-7-3-2-6-12(13)14/h2-3,6-7,10H,1,4-5,8-9,11H2,(H,18,19). The molecule has 0 unspecified atom stereocenters. The first-order chi connectivity index (χ1) is 9.33. The van der Waals surface area contributed by atoms with Gasteiger partial charge in [0.05, 0.1) is 22.9 Å². The van der Waals surface area contributed by atoms with Crippen LogP contribution < -0.4 is 5.32 Å². The zero-order valence-corrected chi connectivity index (χ0v) is 11.7. The normalized spacial score (nSPS) is 18.4. The number of alkyl halides is 1. The molecular weight excluding hydrogens is 258 g/mol. The second-order valence-corrected chi connectivity index (χ2v) is 5.64. The molecule has 0 saturated heterocycles. The summed E-state index contributed by atoms with van der Waals surface area (Å²) in [7, 11) is 0. The fourth-order valence-electron chi connectivity index (χ4n) is 2.91. The van der Waals surface area contributed by atoms with Gasteiger partial charge in [0.2, 0.25) is 0 Å². The van der Waals surface area contributed by atoms with Gasteiger partial charge in [-0.2, -0.15) is 10.2 Å². The predicted molar refractivity (Wildman–Crippen MR) is 79.7 cm³/mol. The Balaban J connectivity index is 1.96. The van der Waals surface area contributed by atoms with Gasteiger partial charge in [0.15, 0.2) is 0 Å². The Hall–Kier alpha value is -1.35. The molecule has 2 aromatic rings. The van der Waals surface area contributed by atoms with Crippen molar-refractivity contribution in [2.45, 2.75) is 37.6 Å². The van der Waals surface area contributed by atoms with Crippen molar-refractivity contribution in [3.63, 3.8) is 0 Å². The van der Waals surface area contributed by atoms with Crippen LogP contribution in [0.15, 0.2) is 30.5 Å². The number of halogens is 1. The Morgan fingerprint density at radius 2 is 1.95 bits per heavy atom. The molecule has 1 fully saturated rings. The van der Waals surface area contributed by atoms with E-state index in [0.717, 1.165) is 29.4 Å². The molecule has 3 nitrogen and oxygen atoms in total. The predicted octanol–water partition coefficient (Wildman–Crippen LogP) is 3.98. The van der Waals surface area contributed by atoms with E-state index in [2.05, 4.69) is 21.6 Å². The zero-order chi connectivity index (χ0) is 13.1. The summed E-state index contributed by atoms with van der Waals surface area (Å²) in [5.41, 5.74) is 1.99. The third-order valence-electron chi connectivity index (χ3n) is 4.01. The number of fused-ring (bicyclic) bond motifs is 1. The SMILES string of the molecule is ClCC1(Nc2cnnc3ccccc23)CCCCC1. The third-order valence-corrected chi connectivity index (χ3v) is 4.52. The lowest BCUT2D eigenvalue weighted by Gasteiger charge is -2.37. The fourth-order valence-corrected chi connectivity index (χ4v) is 3.25. The molecule has 1 aliphatic carbocycles. The van der Waals surface area contributed by atoms with Gasteiger partial charge in [-0.05, 0) is 18.9 Å². The Morgan fingerprint density at radius 1 is 1.16 bits per heavy atom. The summed E-state index contributed by atoms with van der Waals surface area (Å²) in [6.45, 7) is 0. The summed E-state index contributed by atoms with van der Waals surface area (Å²) >= 11 is 6.24. The molecule has 1 aromatic carbocycles. The van der Waals surface area contributed by atoms with Gasteiger partial charge in [-0.1, -0.05) is 37.5 Å². The van der Waals surface area contributed by atoms with Crippen LogP contribution in [0.4, 0.5) is 5.69 Å². The number of rotatable bonds is 3. The summed E-state index contributed by atoms with van der Waals surface area (Å²) < 4.78 is 0. The molecule has 1 aromatic heterocycles. The Morgan fingerprint density at radius 3 is 2.74 bits per heavy atom. The average molecular weight is 276 g/mol. The van der Waals surface area contributed by atoms with Crippen molar-refractivity contribution in [1.82, 2.24) is 10.2 Å². The molecule has 4 heteroatoms. The lowest BCUT2D eigenvalue weighted by Crippen LogP contribution is -2.42. The highest BCUT2D eigenvalue weighted by molar-refractivity contribution is 6.19. The van der Waals surface area contributed by atoms with E-state index in [1.54, 1.807) is 0 Å². The van der Waals surface area contributed by atoms with Crippen molar-refractivity contribution < 1.29 is 0 Å². The van der Waals surface area contributed by atoms with E-state index in [4.69, 9.17) is 11.6 Å². The first-order valence-electron chi connectivity index (χ1n) is 6.88. The summed E-state index contributed by atoms with van der Waals surface area (Å²) in [6.07, 6.45) is 7.88. The van der Waals surface area contributed by atoms with E-state index in [1.807, 2.05) is 24.4 Å². The van der Waals surface area contributed by atoms with Crippen LogP contribution in [0.5, 0.6) is 0 Å². The maximum atomic E-state index is 6.24. The Labute approximate surface area is 118 Å². The van der Waals surface area contributed by atoms with E-state index in [9.17, 15) is 0 Å². The molecule has 0 radical (unpaired) electrons. The molecular formula is C15H18ClN3. The number of nitrogens with one attached hydrogen (secondary N) is 1. The van der Waals surface area contributed by atoms with Crippen molar-refractivity contribution in [3.05, 3.63) is 30.5 Å². The van der Waals surface area contributed by atoms with Crippen LogP contribution in [0.3, 0.4) is 0 Å². The van der Waals surface area contributed by atoms with Crippen LogP contribution in [-0.4, -0.2) is 21.6 Å². The van der Waals surface area contributed by atoms with Crippen molar-refractivity contribution in [2.24, 2.45) is 0 Å². The summed E-state index contributed by atoms with van der Waals surface area (Å²) in [5, 5.41) is 13.0. The molecule has 1 saturated carbocycles. The van der Waals surface area contributed by atoms with E-state index in [0.29, 0.717) is 5.88 Å². The molecule has 0 bridgehead atoms. The van der Waals surface area contributed by atoms with E-state index < -0.39 is 0 Å². The highest BCUT2D eigenvalue weighted by Crippen LogP contribution is 2.34. The zero-order valence-electron chi connectivity index (χ0n) is 10.9. The summed E-state index contributed by atoms with van der Waals surface area (Å²) in [4.78, 5) is 0. The van der Waals surface area contributed by atoms with Gasteiger partial charge < -0.3 is 5.32 Å². The van der Waals surface area contributed by atoms with Crippen molar-refractivity contribution in [2.75, 3.05) is 11.2 Å². The quantitative estimate of drug-likeness (QED) is 0.861. The van der Waals surface area contributed by atoms with Gasteiger partial charge in [0.25, 0.3) is 0 Å². The van der Waals surface area contributed by atoms with Crippen LogP contribution in [0.1, 0.15) is 32.1 Å². The monoisotopic (exact) mass is 275 g/mol. The molecule has 0 spiro atoms. The van der Waals surface area contributed by atoms with Gasteiger partial charge in [-0.15, -0.1) is 11.6 Å². The lowest BCUT2D eigenvalue weighted by molar-refractivity contribution is 0.353. The molecule has 19 heavy (non-hydrogen) atoms. The second-order valence-electron chi connectivity index (χ2n) is 5.38. The van der Waals surface area contributed by atoms with Gasteiger partial charge in [0, 0.05) is 11.3 Å². The van der Waals surface area contributed by atoms with Gasteiger partial charge in [0.1, 0.15) is 0 Å². The third kappa shape index (κ3) is 2.52. The number of hydrogen-bond acceptors (Lipinski definition) is 3. The van der Waals surface area contributed by atoms with Gasteiger partial charge in [-0.3, -0.25) is 0 Å². The van der Waals surface area contributed by atoms with Gasteiger partial charge >= 0.3 is 0 Å². The number of hydrogen-bond donors (Lipinski definition) is 1. The highest BCUT2D eigenvalue weighted by atomic mass is 35.5. The molecule has 1 aliphatic rings. The highest BCUT2D eigenvalue weighted by Gasteiger charge is 2.31. The van der Waals surface area contributed by atoms with E-state index in [1.165, 1.54) is 19.3 Å². The molecule has 1 N–H and O–H groups in total. The minimum atomic E-state index is 0.0195. The van der Waals surface area contributed by atoms with E-state index in [-0.39, 0.29) is 5.54 Å². The minimum Gasteiger partial charge on any atom is -0.377 e. The maximum Gasteiger partial charge on any atom is 0.0950 e. The minimum absolute atomic E-state index is 0.0195. The Kier molecular flexibility index (Phi) is 3.56. The van der Waals surface area contributed by atoms with Crippen LogP contribution >= 0.6 is 11.6 Å². The van der Waals surface area contributed by atoms with Crippen LogP contribution in [0.25, 0.3) is 10.9 Å². The molecule has 100 valence electrons. The summed E-state index contributed by atoms with van der Waals surface area (Å²) in [6, 6.07) is 8.08. The number of benzene rings is 1. The topological polar surface area (TPSA) is 37.8 Å². The molecule has 3 rings (SSSR count). The Bertz CT molecular complexity index is 559. The van der Waals surface area contributed by atoms with Crippen molar-refractivity contribution >= 4 is 28.2 Å². The van der Waals surface area contributed by atoms with Crippen LogP contribution in [0.2, 0.25) is 0 Å². The smallest absolute Gasteiger partial charge is 0.0950 e. The maximum absolute atomic E-state index is 6.24. The van der Waals surface area contributed by atoms with Crippen molar-refractivity contribution in [3.8, 4) is 0 Å². The molecule has 0 atom stereocenters. The van der Waals surface area contributed by atoms with Crippen LogP contribution in [-0.2, 0) is 0 Å². The van der Waals surface area contributed by atoms with Crippen molar-refractivity contribution in [1.29, 1.82) is 0 Å². The summed E-state index contributed by atoms with van der Waals surface area (Å²) in [5.74, 6) is 0.643. The first-order valence-corrected chi connectivity index (χ1v) is 7.41. The largest absolute Gasteiger partial charge is 0.377 e. The first kappa shape index (κ1) is 12.7.